The Morgan fingerprint density at radius 3 is 2.58 bits per heavy atom. The first-order valence-electron chi connectivity index (χ1n) is 8.44. The van der Waals surface area contributed by atoms with E-state index in [2.05, 4.69) is 5.32 Å². The Balaban J connectivity index is 1.34. The molecule has 128 valence electrons. The van der Waals surface area contributed by atoms with E-state index in [1.165, 1.54) is 0 Å². The van der Waals surface area contributed by atoms with E-state index < -0.39 is 6.10 Å². The Morgan fingerprint density at radius 2 is 1.88 bits per heavy atom. The number of likely N-dealkylation sites (tertiary alicyclic amines) is 1. The average Bonchev–Trinajstić information content (AvgIpc) is 3.07. The highest BCUT2D eigenvalue weighted by atomic mass is 16.6. The van der Waals surface area contributed by atoms with Crippen LogP contribution < -0.4 is 14.8 Å². The summed E-state index contributed by atoms with van der Waals surface area (Å²) < 4.78 is 11.4. The van der Waals surface area contributed by atoms with Crippen LogP contribution in [-0.4, -0.2) is 66.7 Å². The lowest BCUT2D eigenvalue weighted by molar-refractivity contribution is -0.142. The van der Waals surface area contributed by atoms with Gasteiger partial charge in [-0.25, -0.2) is 4.79 Å². The topological polar surface area (TPSA) is 71.1 Å². The van der Waals surface area contributed by atoms with E-state index in [4.69, 9.17) is 9.47 Å². The van der Waals surface area contributed by atoms with E-state index in [-0.39, 0.29) is 24.6 Å². The molecule has 1 aromatic carbocycles. The molecule has 1 aromatic rings. The lowest BCUT2D eigenvalue weighted by Gasteiger charge is -2.38. The molecule has 0 aliphatic carbocycles. The molecule has 4 rings (SSSR count). The first-order valence-corrected chi connectivity index (χ1v) is 8.44. The molecule has 3 aliphatic rings. The van der Waals surface area contributed by atoms with Crippen LogP contribution in [-0.2, 0) is 4.79 Å². The number of amides is 3. The highest BCUT2D eigenvalue weighted by Crippen LogP contribution is 2.31. The van der Waals surface area contributed by atoms with Gasteiger partial charge in [0.1, 0.15) is 6.61 Å². The minimum atomic E-state index is -0.591. The van der Waals surface area contributed by atoms with Crippen LogP contribution in [0.1, 0.15) is 12.8 Å². The maximum atomic E-state index is 12.7. The van der Waals surface area contributed by atoms with Gasteiger partial charge in [0.25, 0.3) is 5.91 Å². The number of hydrogen-bond acceptors (Lipinski definition) is 4. The van der Waals surface area contributed by atoms with Crippen molar-refractivity contribution in [2.45, 2.75) is 25.0 Å². The largest absolute Gasteiger partial charge is 0.485 e. The highest BCUT2D eigenvalue weighted by Gasteiger charge is 2.35. The van der Waals surface area contributed by atoms with Crippen LogP contribution in [0.4, 0.5) is 4.79 Å². The number of fused-ring (bicyclic) bond motifs is 1. The van der Waals surface area contributed by atoms with Gasteiger partial charge in [-0.15, -0.1) is 0 Å². The number of ether oxygens (including phenoxy) is 2. The Kier molecular flexibility index (Phi) is 3.92. The van der Waals surface area contributed by atoms with Crippen molar-refractivity contribution in [2.75, 3.05) is 32.8 Å². The molecular formula is C17H21N3O4. The summed E-state index contributed by atoms with van der Waals surface area (Å²) in [5, 5.41) is 2.83. The minimum Gasteiger partial charge on any atom is -0.485 e. The van der Waals surface area contributed by atoms with Gasteiger partial charge in [0.15, 0.2) is 11.5 Å². The molecule has 1 unspecified atom stereocenters. The van der Waals surface area contributed by atoms with E-state index in [0.29, 0.717) is 31.1 Å². The van der Waals surface area contributed by atoms with Crippen LogP contribution in [0.3, 0.4) is 0 Å². The molecule has 24 heavy (non-hydrogen) atoms. The third kappa shape index (κ3) is 2.74. The summed E-state index contributed by atoms with van der Waals surface area (Å²) in [6.07, 6.45) is 1.03. The number of urea groups is 1. The van der Waals surface area contributed by atoms with Gasteiger partial charge >= 0.3 is 6.03 Å². The van der Waals surface area contributed by atoms with Crippen LogP contribution in [0.5, 0.6) is 11.5 Å². The number of rotatable bonds is 2. The smallest absolute Gasteiger partial charge is 0.317 e. The minimum absolute atomic E-state index is 0.0143. The van der Waals surface area contributed by atoms with E-state index in [1.807, 2.05) is 34.1 Å². The van der Waals surface area contributed by atoms with Crippen molar-refractivity contribution in [2.24, 2.45) is 0 Å². The van der Waals surface area contributed by atoms with Gasteiger partial charge in [0.05, 0.1) is 0 Å². The number of nitrogens with zero attached hydrogens (tertiary/aromatic N) is 2. The molecule has 1 N–H and O–H groups in total. The maximum absolute atomic E-state index is 12.7. The van der Waals surface area contributed by atoms with Crippen LogP contribution in [0, 0.1) is 0 Å². The van der Waals surface area contributed by atoms with Gasteiger partial charge in [0, 0.05) is 32.2 Å². The van der Waals surface area contributed by atoms with Gasteiger partial charge in [-0.1, -0.05) is 12.1 Å². The third-order valence-electron chi connectivity index (χ3n) is 4.89. The molecule has 2 fully saturated rings. The Labute approximate surface area is 140 Å². The van der Waals surface area contributed by atoms with Gasteiger partial charge in [-0.2, -0.15) is 0 Å². The molecule has 7 nitrogen and oxygen atoms in total. The van der Waals surface area contributed by atoms with Crippen molar-refractivity contribution >= 4 is 11.9 Å². The average molecular weight is 331 g/mol. The van der Waals surface area contributed by atoms with Crippen molar-refractivity contribution in [3.05, 3.63) is 24.3 Å². The van der Waals surface area contributed by atoms with E-state index in [9.17, 15) is 9.59 Å². The van der Waals surface area contributed by atoms with Crippen molar-refractivity contribution in [3.8, 4) is 11.5 Å². The number of carbonyl (C=O) groups excluding carboxylic acids is 2. The van der Waals surface area contributed by atoms with Crippen molar-refractivity contribution in [1.82, 2.24) is 15.1 Å². The Morgan fingerprint density at radius 1 is 1.12 bits per heavy atom. The molecule has 3 amide bonds. The molecule has 0 spiro atoms. The monoisotopic (exact) mass is 331 g/mol. The van der Waals surface area contributed by atoms with Crippen molar-refractivity contribution in [3.63, 3.8) is 0 Å². The summed E-state index contributed by atoms with van der Waals surface area (Å²) in [5.41, 5.74) is 0. The normalized spacial score (nSPS) is 24.0. The van der Waals surface area contributed by atoms with Crippen LogP contribution in [0.15, 0.2) is 24.3 Å². The third-order valence-corrected chi connectivity index (χ3v) is 4.89. The van der Waals surface area contributed by atoms with E-state index in [0.717, 1.165) is 19.4 Å². The van der Waals surface area contributed by atoms with Crippen LogP contribution in [0.25, 0.3) is 0 Å². The lowest BCUT2D eigenvalue weighted by atomic mass is 10.0. The molecule has 3 heterocycles. The molecule has 3 aliphatic heterocycles. The zero-order chi connectivity index (χ0) is 16.5. The number of para-hydroxylation sites is 2. The molecule has 0 aromatic heterocycles. The van der Waals surface area contributed by atoms with Crippen molar-refractivity contribution in [1.29, 1.82) is 0 Å². The Bertz CT molecular complexity index is 642. The summed E-state index contributed by atoms with van der Waals surface area (Å²) in [5.74, 6) is 1.26. The fraction of sp³-hybridized carbons (Fsp3) is 0.529. The fourth-order valence-corrected chi connectivity index (χ4v) is 3.58. The SMILES string of the molecule is O=C(C1COc2ccccc2O1)N1CCC(N2CCNC2=O)CC1. The van der Waals surface area contributed by atoms with E-state index in [1.54, 1.807) is 0 Å². The quantitative estimate of drug-likeness (QED) is 0.872. The standard InChI is InChI=1S/C17H21N3O4/c21-16(15-11-23-13-3-1-2-4-14(13)24-15)19-8-5-12(6-9-19)20-10-7-18-17(20)22/h1-4,12,15H,5-11H2,(H,18,22). The summed E-state index contributed by atoms with van der Waals surface area (Å²) in [4.78, 5) is 28.1. The number of piperidine rings is 1. The molecule has 1 atom stereocenters. The predicted octanol–water partition coefficient (Wildman–Crippen LogP) is 0.843. The Hall–Kier alpha value is -2.44. The second kappa shape index (κ2) is 6.22. The van der Waals surface area contributed by atoms with Crippen LogP contribution in [0.2, 0.25) is 0 Å². The summed E-state index contributed by atoms with van der Waals surface area (Å²) in [7, 11) is 0. The predicted molar refractivity (Wildman–Crippen MR) is 86.1 cm³/mol. The molecule has 2 saturated heterocycles. The summed E-state index contributed by atoms with van der Waals surface area (Å²) in [6, 6.07) is 7.63. The van der Waals surface area contributed by atoms with Gasteiger partial charge < -0.3 is 24.6 Å². The van der Waals surface area contributed by atoms with Gasteiger partial charge in [0.2, 0.25) is 6.10 Å². The number of carbonyl (C=O) groups is 2. The first-order chi connectivity index (χ1) is 11.7. The fourth-order valence-electron chi connectivity index (χ4n) is 3.58. The number of hydrogen-bond donors (Lipinski definition) is 1. The number of benzene rings is 1. The second-order valence-electron chi connectivity index (χ2n) is 6.35. The highest BCUT2D eigenvalue weighted by molar-refractivity contribution is 5.82. The molecular weight excluding hydrogens is 310 g/mol. The van der Waals surface area contributed by atoms with Crippen LogP contribution >= 0.6 is 0 Å². The number of nitrogens with one attached hydrogen (secondary N) is 1. The summed E-state index contributed by atoms with van der Waals surface area (Å²) in [6.45, 7) is 3.01. The van der Waals surface area contributed by atoms with E-state index >= 15 is 0 Å². The van der Waals surface area contributed by atoms with Gasteiger partial charge in [-0.3, -0.25) is 4.79 Å². The molecule has 0 radical (unpaired) electrons. The lowest BCUT2D eigenvalue weighted by Crippen LogP contribution is -2.52. The molecule has 0 saturated carbocycles. The zero-order valence-corrected chi connectivity index (χ0v) is 13.4. The molecule has 0 bridgehead atoms. The summed E-state index contributed by atoms with van der Waals surface area (Å²) >= 11 is 0. The van der Waals surface area contributed by atoms with Gasteiger partial charge in [-0.05, 0) is 25.0 Å². The zero-order valence-electron chi connectivity index (χ0n) is 13.4. The second-order valence-corrected chi connectivity index (χ2v) is 6.35. The first kappa shape index (κ1) is 15.1. The van der Waals surface area contributed by atoms with Crippen molar-refractivity contribution < 1.29 is 19.1 Å². The molecule has 7 heteroatoms. The maximum Gasteiger partial charge on any atom is 0.317 e.